The molecule has 27 heavy (non-hydrogen) atoms. The van der Waals surface area contributed by atoms with Crippen molar-refractivity contribution in [2.45, 2.75) is 18.8 Å². The summed E-state index contributed by atoms with van der Waals surface area (Å²) in [4.78, 5) is 17.1. The minimum Gasteiger partial charge on any atom is -0.366 e. The molecule has 4 rings (SSSR count). The van der Waals surface area contributed by atoms with E-state index < -0.39 is 10.7 Å². The number of benzene rings is 2. The molecule has 0 aliphatic carbocycles. The number of halogens is 1. The number of hydrogen-bond acceptors (Lipinski definition) is 6. The Morgan fingerprint density at radius 3 is 2.59 bits per heavy atom. The van der Waals surface area contributed by atoms with Crippen LogP contribution in [0, 0.1) is 15.9 Å². The van der Waals surface area contributed by atoms with Crippen LogP contribution in [0.1, 0.15) is 24.7 Å². The molecule has 1 aromatic heterocycles. The zero-order valence-corrected chi connectivity index (χ0v) is 14.4. The van der Waals surface area contributed by atoms with Crippen LogP contribution in [-0.4, -0.2) is 28.2 Å². The van der Waals surface area contributed by atoms with Crippen LogP contribution in [-0.2, 0) is 0 Å². The average molecular weight is 368 g/mol. The molecule has 2 heterocycles. The summed E-state index contributed by atoms with van der Waals surface area (Å²) in [5, 5.41) is 15.3. The van der Waals surface area contributed by atoms with Crippen LogP contribution < -0.4 is 4.90 Å². The molecule has 3 aromatic rings. The van der Waals surface area contributed by atoms with Crippen molar-refractivity contribution in [2.24, 2.45) is 0 Å². The van der Waals surface area contributed by atoms with E-state index in [1.54, 1.807) is 0 Å². The fourth-order valence-electron chi connectivity index (χ4n) is 3.38. The lowest BCUT2D eigenvalue weighted by atomic mass is 9.96. The smallest absolute Gasteiger partial charge is 0.295 e. The summed E-state index contributed by atoms with van der Waals surface area (Å²) >= 11 is 0. The summed E-state index contributed by atoms with van der Waals surface area (Å²) in [6.07, 6.45) is 1.45. The van der Waals surface area contributed by atoms with Crippen LogP contribution in [0.5, 0.6) is 0 Å². The van der Waals surface area contributed by atoms with Crippen LogP contribution in [0.25, 0.3) is 11.4 Å². The number of rotatable bonds is 4. The number of nitro benzene ring substituents is 1. The van der Waals surface area contributed by atoms with Crippen molar-refractivity contribution in [1.29, 1.82) is 0 Å². The first-order valence-electron chi connectivity index (χ1n) is 8.70. The van der Waals surface area contributed by atoms with E-state index in [1.165, 1.54) is 12.1 Å². The highest BCUT2D eigenvalue weighted by Gasteiger charge is 2.28. The summed E-state index contributed by atoms with van der Waals surface area (Å²) in [7, 11) is 0. The molecule has 138 valence electrons. The number of nitrogens with zero attached hydrogens (tertiary/aromatic N) is 4. The Labute approximate surface area is 154 Å². The maximum Gasteiger partial charge on any atom is 0.295 e. The fourth-order valence-corrected chi connectivity index (χ4v) is 3.38. The van der Waals surface area contributed by atoms with E-state index in [0.29, 0.717) is 30.5 Å². The molecule has 1 saturated heterocycles. The van der Waals surface area contributed by atoms with Crippen molar-refractivity contribution in [2.75, 3.05) is 18.0 Å². The zero-order chi connectivity index (χ0) is 18.8. The van der Waals surface area contributed by atoms with E-state index in [1.807, 2.05) is 35.2 Å². The number of nitro groups is 1. The molecule has 2 aromatic carbocycles. The van der Waals surface area contributed by atoms with Gasteiger partial charge >= 0.3 is 0 Å². The van der Waals surface area contributed by atoms with Gasteiger partial charge in [-0.1, -0.05) is 35.5 Å². The van der Waals surface area contributed by atoms with Crippen LogP contribution in [0.2, 0.25) is 0 Å². The first-order chi connectivity index (χ1) is 13.1. The predicted octanol–water partition coefficient (Wildman–Crippen LogP) is 4.17. The van der Waals surface area contributed by atoms with Crippen molar-refractivity contribution in [3.05, 3.63) is 70.4 Å². The molecule has 0 radical (unpaired) electrons. The lowest BCUT2D eigenvalue weighted by molar-refractivity contribution is -0.384. The molecule has 7 nitrogen and oxygen atoms in total. The fraction of sp³-hybridized carbons (Fsp3) is 0.263. The molecular weight excluding hydrogens is 351 g/mol. The Morgan fingerprint density at radius 2 is 1.89 bits per heavy atom. The molecule has 0 bridgehead atoms. The number of anilines is 1. The van der Waals surface area contributed by atoms with Gasteiger partial charge in [0.1, 0.15) is 11.5 Å². The highest BCUT2D eigenvalue weighted by molar-refractivity contribution is 5.63. The van der Waals surface area contributed by atoms with Crippen LogP contribution in [0.15, 0.2) is 53.1 Å². The first-order valence-corrected chi connectivity index (χ1v) is 8.70. The number of hydrogen-bond donors (Lipinski definition) is 0. The van der Waals surface area contributed by atoms with Gasteiger partial charge < -0.3 is 9.42 Å². The van der Waals surface area contributed by atoms with Gasteiger partial charge in [0.05, 0.1) is 11.0 Å². The summed E-state index contributed by atoms with van der Waals surface area (Å²) in [6.45, 7) is 1.19. The quantitative estimate of drug-likeness (QED) is 0.508. The third kappa shape index (κ3) is 3.51. The van der Waals surface area contributed by atoms with Crippen LogP contribution >= 0.6 is 0 Å². The Bertz CT molecular complexity index is 953. The molecule has 0 N–H and O–H groups in total. The third-order valence-corrected chi connectivity index (χ3v) is 4.79. The average Bonchev–Trinajstić information content (AvgIpc) is 3.19. The van der Waals surface area contributed by atoms with Crippen molar-refractivity contribution < 1.29 is 13.8 Å². The topological polar surface area (TPSA) is 85.3 Å². The van der Waals surface area contributed by atoms with Crippen LogP contribution in [0.4, 0.5) is 15.8 Å². The van der Waals surface area contributed by atoms with E-state index in [9.17, 15) is 14.5 Å². The zero-order valence-electron chi connectivity index (χ0n) is 14.4. The van der Waals surface area contributed by atoms with Gasteiger partial charge in [-0.15, -0.1) is 0 Å². The van der Waals surface area contributed by atoms with E-state index in [2.05, 4.69) is 10.1 Å². The Morgan fingerprint density at radius 1 is 1.15 bits per heavy atom. The normalized spacial score (nSPS) is 15.1. The van der Waals surface area contributed by atoms with Gasteiger partial charge in [-0.05, 0) is 25.0 Å². The van der Waals surface area contributed by atoms with Crippen molar-refractivity contribution in [3.63, 3.8) is 0 Å². The lowest BCUT2D eigenvalue weighted by Crippen LogP contribution is -2.33. The molecule has 0 unspecified atom stereocenters. The minimum atomic E-state index is -0.611. The van der Waals surface area contributed by atoms with Gasteiger partial charge in [-0.3, -0.25) is 10.1 Å². The van der Waals surface area contributed by atoms with Gasteiger partial charge in [0.25, 0.3) is 5.69 Å². The second kappa shape index (κ2) is 7.14. The van der Waals surface area contributed by atoms with Gasteiger partial charge in [0.2, 0.25) is 11.7 Å². The van der Waals surface area contributed by atoms with E-state index >= 15 is 0 Å². The van der Waals surface area contributed by atoms with Crippen molar-refractivity contribution >= 4 is 11.4 Å². The van der Waals surface area contributed by atoms with Crippen LogP contribution in [0.3, 0.4) is 0 Å². The molecule has 0 atom stereocenters. The minimum absolute atomic E-state index is 0.103. The molecule has 1 aliphatic rings. The Kier molecular flexibility index (Phi) is 4.53. The molecule has 1 fully saturated rings. The second-order valence-electron chi connectivity index (χ2n) is 6.47. The summed E-state index contributed by atoms with van der Waals surface area (Å²) in [5.41, 5.74) is 1.12. The Balaban J connectivity index is 1.47. The summed E-state index contributed by atoms with van der Waals surface area (Å²) < 4.78 is 18.8. The van der Waals surface area contributed by atoms with Crippen molar-refractivity contribution in [3.8, 4) is 11.4 Å². The SMILES string of the molecule is O=[N+]([O-])c1cc(F)ccc1N1CCC(c2nc(-c3ccccc3)no2)CC1. The second-order valence-corrected chi connectivity index (χ2v) is 6.47. The predicted molar refractivity (Wildman–Crippen MR) is 97.0 cm³/mol. The monoisotopic (exact) mass is 368 g/mol. The molecule has 1 aliphatic heterocycles. The van der Waals surface area contributed by atoms with E-state index in [-0.39, 0.29) is 11.6 Å². The van der Waals surface area contributed by atoms with Gasteiger partial charge in [0, 0.05) is 24.6 Å². The van der Waals surface area contributed by atoms with E-state index in [4.69, 9.17) is 4.52 Å². The first kappa shape index (κ1) is 17.1. The summed E-state index contributed by atoms with van der Waals surface area (Å²) in [5.74, 6) is 0.634. The number of piperidine rings is 1. The highest BCUT2D eigenvalue weighted by Crippen LogP contribution is 2.35. The largest absolute Gasteiger partial charge is 0.366 e. The highest BCUT2D eigenvalue weighted by atomic mass is 19.1. The molecule has 8 heteroatoms. The maximum atomic E-state index is 13.3. The summed E-state index contributed by atoms with van der Waals surface area (Å²) in [6, 6.07) is 13.3. The number of aromatic nitrogens is 2. The van der Waals surface area contributed by atoms with Crippen molar-refractivity contribution in [1.82, 2.24) is 10.1 Å². The molecule has 0 spiro atoms. The molecular formula is C19H17FN4O3. The Hall–Kier alpha value is -3.29. The standard InChI is InChI=1S/C19H17FN4O3/c20-15-6-7-16(17(12-15)24(25)26)23-10-8-14(9-11-23)19-21-18(22-27-19)13-4-2-1-3-5-13/h1-7,12,14H,8-11H2. The molecule has 0 saturated carbocycles. The maximum absolute atomic E-state index is 13.3. The lowest BCUT2D eigenvalue weighted by Gasteiger charge is -2.31. The van der Waals surface area contributed by atoms with E-state index in [0.717, 1.165) is 24.5 Å². The van der Waals surface area contributed by atoms with Gasteiger partial charge in [-0.25, -0.2) is 4.39 Å². The van der Waals surface area contributed by atoms with Gasteiger partial charge in [0.15, 0.2) is 0 Å². The third-order valence-electron chi connectivity index (χ3n) is 4.79. The molecule has 0 amide bonds. The van der Waals surface area contributed by atoms with Gasteiger partial charge in [-0.2, -0.15) is 4.98 Å².